The second kappa shape index (κ2) is 5.03. The van der Waals surface area contributed by atoms with Crippen LogP contribution >= 0.6 is 11.8 Å². The van der Waals surface area contributed by atoms with Gasteiger partial charge in [-0.05, 0) is 31.9 Å². The molecule has 0 bridgehead atoms. The molecule has 2 heteroatoms. The number of fused-ring (bicyclic) bond motifs is 1. The van der Waals surface area contributed by atoms with Gasteiger partial charge in [0.05, 0.1) is 5.37 Å². The van der Waals surface area contributed by atoms with Gasteiger partial charge >= 0.3 is 0 Å². The van der Waals surface area contributed by atoms with Crippen LogP contribution in [0.4, 0.5) is 0 Å². The highest BCUT2D eigenvalue weighted by Crippen LogP contribution is 2.43. The Morgan fingerprint density at radius 2 is 1.94 bits per heavy atom. The predicted molar refractivity (Wildman–Crippen MR) is 75.3 cm³/mol. The fourth-order valence-electron chi connectivity index (χ4n) is 3.22. The van der Waals surface area contributed by atoms with Crippen LogP contribution in [-0.2, 0) is 6.42 Å². The van der Waals surface area contributed by atoms with E-state index < -0.39 is 0 Å². The average molecular weight is 247 g/mol. The maximum Gasteiger partial charge on any atom is 0.0601 e. The first kappa shape index (κ1) is 11.6. The molecule has 1 heterocycles. The van der Waals surface area contributed by atoms with E-state index in [1.54, 1.807) is 0 Å². The van der Waals surface area contributed by atoms with Gasteiger partial charge < -0.3 is 0 Å². The summed E-state index contributed by atoms with van der Waals surface area (Å²) in [5.41, 5.74) is 1.48. The van der Waals surface area contributed by atoms with Gasteiger partial charge in [-0.3, -0.25) is 4.90 Å². The molecule has 2 fully saturated rings. The van der Waals surface area contributed by atoms with E-state index in [0.717, 1.165) is 11.3 Å². The minimum atomic E-state index is 0.700. The zero-order chi connectivity index (χ0) is 11.7. The molecule has 0 spiro atoms. The van der Waals surface area contributed by atoms with Crippen LogP contribution in [0.2, 0.25) is 0 Å². The Hall–Kier alpha value is -0.470. The summed E-state index contributed by atoms with van der Waals surface area (Å²) in [5, 5.41) is 1.60. The van der Waals surface area contributed by atoms with Gasteiger partial charge in [0.25, 0.3) is 0 Å². The lowest BCUT2D eigenvalue weighted by molar-refractivity contribution is 0.207. The number of rotatable bonds is 2. The van der Waals surface area contributed by atoms with Crippen molar-refractivity contribution in [3.8, 4) is 0 Å². The Morgan fingerprint density at radius 3 is 2.71 bits per heavy atom. The third-order valence-corrected chi connectivity index (χ3v) is 5.94. The lowest BCUT2D eigenvalue weighted by Crippen LogP contribution is -2.37. The Balaban J connectivity index is 1.68. The quantitative estimate of drug-likeness (QED) is 0.786. The van der Waals surface area contributed by atoms with Crippen molar-refractivity contribution in [2.75, 3.05) is 7.05 Å². The molecule has 1 saturated heterocycles. The fraction of sp³-hybridized carbons (Fsp3) is 0.600. The molecule has 0 N–H and O–H groups in total. The van der Waals surface area contributed by atoms with Crippen LogP contribution in [0, 0.1) is 0 Å². The lowest BCUT2D eigenvalue weighted by atomic mass is 9.94. The number of nitrogens with zero attached hydrogens (tertiary/aromatic N) is 1. The van der Waals surface area contributed by atoms with Crippen LogP contribution in [-0.4, -0.2) is 28.6 Å². The molecule has 17 heavy (non-hydrogen) atoms. The number of benzene rings is 1. The Bertz CT molecular complexity index is 364. The van der Waals surface area contributed by atoms with E-state index in [4.69, 9.17) is 0 Å². The SMILES string of the molecule is CN1C(Cc2ccccc2)SC2CCCCC21. The van der Waals surface area contributed by atoms with Crippen LogP contribution in [0.15, 0.2) is 30.3 Å². The highest BCUT2D eigenvalue weighted by molar-refractivity contribution is 8.00. The van der Waals surface area contributed by atoms with E-state index in [-0.39, 0.29) is 0 Å². The van der Waals surface area contributed by atoms with E-state index in [1.165, 1.54) is 37.7 Å². The highest BCUT2D eigenvalue weighted by Gasteiger charge is 2.40. The normalized spacial score (nSPS) is 33.6. The number of likely N-dealkylation sites (N-methyl/N-ethyl adjacent to an activating group) is 1. The zero-order valence-corrected chi connectivity index (χ0v) is 11.3. The van der Waals surface area contributed by atoms with Gasteiger partial charge in [0, 0.05) is 11.3 Å². The predicted octanol–water partition coefficient (Wildman–Crippen LogP) is 3.55. The van der Waals surface area contributed by atoms with Gasteiger partial charge in [-0.2, -0.15) is 0 Å². The maximum absolute atomic E-state index is 2.64. The molecule has 1 aliphatic carbocycles. The molecular formula is C15H21NS. The molecule has 0 amide bonds. The van der Waals surface area contributed by atoms with Crippen molar-refractivity contribution in [1.82, 2.24) is 4.90 Å². The Kier molecular flexibility index (Phi) is 3.44. The van der Waals surface area contributed by atoms with E-state index in [1.807, 2.05) is 0 Å². The highest BCUT2D eigenvalue weighted by atomic mass is 32.2. The topological polar surface area (TPSA) is 3.24 Å². The van der Waals surface area contributed by atoms with Crippen molar-refractivity contribution >= 4 is 11.8 Å². The summed E-state index contributed by atoms with van der Waals surface area (Å²) >= 11 is 2.22. The number of hydrogen-bond acceptors (Lipinski definition) is 2. The molecule has 92 valence electrons. The van der Waals surface area contributed by atoms with Crippen molar-refractivity contribution in [1.29, 1.82) is 0 Å². The average Bonchev–Trinajstić information content (AvgIpc) is 2.68. The van der Waals surface area contributed by atoms with Crippen molar-refractivity contribution < 1.29 is 0 Å². The summed E-state index contributed by atoms with van der Waals surface area (Å²) < 4.78 is 0. The molecule has 2 aliphatic rings. The van der Waals surface area contributed by atoms with Crippen LogP contribution < -0.4 is 0 Å². The van der Waals surface area contributed by atoms with E-state index in [9.17, 15) is 0 Å². The van der Waals surface area contributed by atoms with Gasteiger partial charge in [-0.15, -0.1) is 11.8 Å². The summed E-state index contributed by atoms with van der Waals surface area (Å²) in [6.45, 7) is 0. The summed E-state index contributed by atoms with van der Waals surface area (Å²) in [6.07, 6.45) is 6.93. The van der Waals surface area contributed by atoms with E-state index in [2.05, 4.69) is 54.0 Å². The molecule has 1 aromatic rings. The van der Waals surface area contributed by atoms with Crippen LogP contribution in [0.25, 0.3) is 0 Å². The minimum Gasteiger partial charge on any atom is -0.290 e. The third-order valence-electron chi connectivity index (χ3n) is 4.23. The van der Waals surface area contributed by atoms with Crippen LogP contribution in [0.3, 0.4) is 0 Å². The zero-order valence-electron chi connectivity index (χ0n) is 10.5. The van der Waals surface area contributed by atoms with Crippen LogP contribution in [0.5, 0.6) is 0 Å². The molecule has 3 unspecified atom stereocenters. The van der Waals surface area contributed by atoms with Gasteiger partial charge in [-0.1, -0.05) is 43.2 Å². The van der Waals surface area contributed by atoms with Crippen molar-refractivity contribution in [2.24, 2.45) is 0 Å². The van der Waals surface area contributed by atoms with Crippen molar-refractivity contribution in [2.45, 2.75) is 48.8 Å². The Labute approximate surface area is 109 Å². The second-order valence-corrected chi connectivity index (χ2v) is 6.76. The first-order valence-corrected chi connectivity index (χ1v) is 7.70. The minimum absolute atomic E-state index is 0.700. The molecule has 1 aromatic carbocycles. The second-order valence-electron chi connectivity index (χ2n) is 5.34. The van der Waals surface area contributed by atoms with E-state index >= 15 is 0 Å². The summed E-state index contributed by atoms with van der Waals surface area (Å²) in [4.78, 5) is 2.64. The van der Waals surface area contributed by atoms with Gasteiger partial charge in [0.2, 0.25) is 0 Å². The van der Waals surface area contributed by atoms with E-state index in [0.29, 0.717) is 5.37 Å². The van der Waals surface area contributed by atoms with Crippen LogP contribution in [0.1, 0.15) is 31.2 Å². The first-order chi connectivity index (χ1) is 8.34. The van der Waals surface area contributed by atoms with Crippen molar-refractivity contribution in [3.63, 3.8) is 0 Å². The summed E-state index contributed by atoms with van der Waals surface area (Å²) in [7, 11) is 2.33. The largest absolute Gasteiger partial charge is 0.290 e. The fourth-order valence-corrected chi connectivity index (χ4v) is 5.07. The first-order valence-electron chi connectivity index (χ1n) is 6.76. The standard InChI is InChI=1S/C15H21NS/c1-16-13-9-5-6-10-14(13)17-15(16)11-12-7-3-2-4-8-12/h2-4,7-8,13-15H,5-6,9-11H2,1H3. The summed E-state index contributed by atoms with van der Waals surface area (Å²) in [6, 6.07) is 11.8. The molecular weight excluding hydrogens is 226 g/mol. The van der Waals surface area contributed by atoms with Gasteiger partial charge in [0.1, 0.15) is 0 Å². The van der Waals surface area contributed by atoms with Gasteiger partial charge in [-0.25, -0.2) is 0 Å². The third kappa shape index (κ3) is 2.38. The number of hydrogen-bond donors (Lipinski definition) is 0. The lowest BCUT2D eigenvalue weighted by Gasteiger charge is -2.29. The van der Waals surface area contributed by atoms with Crippen molar-refractivity contribution in [3.05, 3.63) is 35.9 Å². The molecule has 0 aromatic heterocycles. The molecule has 0 radical (unpaired) electrons. The smallest absolute Gasteiger partial charge is 0.0601 e. The van der Waals surface area contributed by atoms with Gasteiger partial charge in [0.15, 0.2) is 0 Å². The molecule has 3 atom stereocenters. The molecule has 1 aliphatic heterocycles. The Morgan fingerprint density at radius 1 is 1.18 bits per heavy atom. The summed E-state index contributed by atoms with van der Waals surface area (Å²) in [5.74, 6) is 0. The monoisotopic (exact) mass is 247 g/mol. The molecule has 3 rings (SSSR count). The molecule has 1 saturated carbocycles. The maximum atomic E-state index is 2.64. The molecule has 1 nitrogen and oxygen atoms in total. The number of thioether (sulfide) groups is 1.